The molecule has 0 saturated carbocycles. The summed E-state index contributed by atoms with van der Waals surface area (Å²) in [6.07, 6.45) is 5.64. The van der Waals surface area contributed by atoms with E-state index in [1.54, 1.807) is 22.7 Å². The van der Waals surface area contributed by atoms with Gasteiger partial charge in [-0.3, -0.25) is 9.88 Å². The molecule has 4 aromatic rings. The number of hydrogen-bond acceptors (Lipinski definition) is 8. The van der Waals surface area contributed by atoms with E-state index in [1.165, 1.54) is 4.88 Å². The van der Waals surface area contributed by atoms with Crippen LogP contribution in [0, 0.1) is 0 Å². The summed E-state index contributed by atoms with van der Waals surface area (Å²) in [4.78, 5) is 24.5. The zero-order valence-electron chi connectivity index (χ0n) is 15.8. The van der Waals surface area contributed by atoms with Gasteiger partial charge in [-0.15, -0.1) is 22.7 Å². The molecule has 0 unspecified atom stereocenters. The third kappa shape index (κ3) is 4.05. The van der Waals surface area contributed by atoms with E-state index in [-0.39, 0.29) is 0 Å². The smallest absolute Gasteiger partial charge is 0.226 e. The van der Waals surface area contributed by atoms with Crippen molar-refractivity contribution in [3.05, 3.63) is 65.4 Å². The highest BCUT2D eigenvalue weighted by molar-refractivity contribution is 7.14. The Balaban J connectivity index is 1.35. The monoisotopic (exact) mass is 420 g/mol. The summed E-state index contributed by atoms with van der Waals surface area (Å²) < 4.78 is 0. The third-order valence-electron chi connectivity index (χ3n) is 4.96. The van der Waals surface area contributed by atoms with Crippen LogP contribution in [0.3, 0.4) is 0 Å². The minimum absolute atomic E-state index is 0.785. The van der Waals surface area contributed by atoms with Crippen LogP contribution in [0.1, 0.15) is 5.69 Å². The van der Waals surface area contributed by atoms with Gasteiger partial charge in [0.15, 0.2) is 0 Å². The molecule has 6 nitrogen and oxygen atoms in total. The fourth-order valence-electron chi connectivity index (χ4n) is 3.47. The number of nitrogens with zero attached hydrogens (tertiary/aromatic N) is 6. The molecule has 5 heterocycles. The van der Waals surface area contributed by atoms with E-state index in [4.69, 9.17) is 9.97 Å². The van der Waals surface area contributed by atoms with E-state index < -0.39 is 0 Å². The van der Waals surface area contributed by atoms with Crippen molar-refractivity contribution >= 4 is 28.6 Å². The van der Waals surface area contributed by atoms with Gasteiger partial charge < -0.3 is 4.90 Å². The fourth-order valence-corrected chi connectivity index (χ4v) is 4.84. The Morgan fingerprint density at radius 2 is 1.79 bits per heavy atom. The second-order valence-corrected chi connectivity index (χ2v) is 8.67. The lowest BCUT2D eigenvalue weighted by Gasteiger charge is -2.34. The molecule has 0 radical (unpaired) electrons. The highest BCUT2D eigenvalue weighted by Crippen LogP contribution is 2.34. The summed E-state index contributed by atoms with van der Waals surface area (Å²) in [5.41, 5.74) is 3.08. The Hall–Kier alpha value is -2.68. The quantitative estimate of drug-likeness (QED) is 0.486. The maximum Gasteiger partial charge on any atom is 0.226 e. The van der Waals surface area contributed by atoms with Crippen molar-refractivity contribution in [1.29, 1.82) is 0 Å². The number of thiophene rings is 1. The van der Waals surface area contributed by atoms with Gasteiger partial charge in [0.05, 0.1) is 5.69 Å². The van der Waals surface area contributed by atoms with Gasteiger partial charge >= 0.3 is 0 Å². The van der Waals surface area contributed by atoms with Gasteiger partial charge in [0.2, 0.25) is 5.95 Å². The standard InChI is InChI=1S/C21H20N6S2/c1-2-6-22-16(4-1)15-26-8-10-27(11-9-26)21-24-14-17(18-5-3-12-28-18)19(25-21)20-23-7-13-29-20/h1-7,12-14H,8-11,15H2. The molecule has 29 heavy (non-hydrogen) atoms. The molecule has 1 fully saturated rings. The summed E-state index contributed by atoms with van der Waals surface area (Å²) in [5.74, 6) is 0.785. The number of hydrogen-bond donors (Lipinski definition) is 0. The molecular weight excluding hydrogens is 400 g/mol. The molecular formula is C21H20N6S2. The summed E-state index contributed by atoms with van der Waals surface area (Å²) in [5, 5.41) is 5.01. The number of rotatable bonds is 5. The largest absolute Gasteiger partial charge is 0.338 e. The van der Waals surface area contributed by atoms with Crippen LogP contribution in [0.15, 0.2) is 59.7 Å². The van der Waals surface area contributed by atoms with E-state index in [2.05, 4.69) is 43.3 Å². The first-order valence-corrected chi connectivity index (χ1v) is 11.3. The van der Waals surface area contributed by atoms with Crippen LogP contribution in [0.4, 0.5) is 5.95 Å². The molecule has 1 aliphatic rings. The second kappa shape index (κ2) is 8.36. The van der Waals surface area contributed by atoms with Gasteiger partial charge in [-0.25, -0.2) is 15.0 Å². The average Bonchev–Trinajstić information content (AvgIpc) is 3.49. The van der Waals surface area contributed by atoms with Crippen LogP contribution in [0.5, 0.6) is 0 Å². The fraction of sp³-hybridized carbons (Fsp3) is 0.238. The van der Waals surface area contributed by atoms with Crippen LogP contribution in [-0.4, -0.2) is 51.0 Å². The van der Waals surface area contributed by atoms with Gasteiger partial charge in [-0.1, -0.05) is 12.1 Å². The zero-order chi connectivity index (χ0) is 19.5. The zero-order valence-corrected chi connectivity index (χ0v) is 17.4. The predicted octanol–water partition coefficient (Wildman–Crippen LogP) is 4.05. The molecule has 0 atom stereocenters. The first kappa shape index (κ1) is 18.4. The SMILES string of the molecule is c1ccc(CN2CCN(c3ncc(-c4cccs4)c(-c4nccs4)n3)CC2)nc1. The van der Waals surface area contributed by atoms with E-state index in [9.17, 15) is 0 Å². The summed E-state index contributed by atoms with van der Waals surface area (Å²) >= 11 is 3.31. The predicted molar refractivity (Wildman–Crippen MR) is 118 cm³/mol. The molecule has 0 aliphatic carbocycles. The molecule has 1 aliphatic heterocycles. The van der Waals surface area contributed by atoms with Crippen molar-refractivity contribution in [3.63, 3.8) is 0 Å². The lowest BCUT2D eigenvalue weighted by atomic mass is 10.2. The molecule has 0 N–H and O–H groups in total. The van der Waals surface area contributed by atoms with Crippen molar-refractivity contribution in [2.24, 2.45) is 0 Å². The van der Waals surface area contributed by atoms with E-state index in [0.29, 0.717) is 0 Å². The van der Waals surface area contributed by atoms with Gasteiger partial charge in [-0.2, -0.15) is 0 Å². The number of thiazole rings is 1. The van der Waals surface area contributed by atoms with Crippen LogP contribution in [0.25, 0.3) is 21.1 Å². The van der Waals surface area contributed by atoms with Crippen molar-refractivity contribution in [3.8, 4) is 21.1 Å². The normalized spacial score (nSPS) is 15.0. The molecule has 4 aromatic heterocycles. The Labute approximate surface area is 177 Å². The number of anilines is 1. The van der Waals surface area contributed by atoms with Crippen LogP contribution in [-0.2, 0) is 6.54 Å². The van der Waals surface area contributed by atoms with Gasteiger partial charge in [0, 0.05) is 67.1 Å². The molecule has 0 amide bonds. The van der Waals surface area contributed by atoms with Gasteiger partial charge in [0.1, 0.15) is 10.7 Å². The summed E-state index contributed by atoms with van der Waals surface area (Å²) in [6.45, 7) is 4.64. The lowest BCUT2D eigenvalue weighted by Crippen LogP contribution is -2.46. The second-order valence-electron chi connectivity index (χ2n) is 6.83. The van der Waals surface area contributed by atoms with Crippen LogP contribution < -0.4 is 4.90 Å². The highest BCUT2D eigenvalue weighted by Gasteiger charge is 2.22. The Bertz CT molecular complexity index is 1040. The molecule has 1 saturated heterocycles. The first-order valence-electron chi connectivity index (χ1n) is 9.55. The van der Waals surface area contributed by atoms with Gasteiger partial charge in [0.25, 0.3) is 0 Å². The van der Waals surface area contributed by atoms with Crippen molar-refractivity contribution in [2.45, 2.75) is 6.54 Å². The van der Waals surface area contributed by atoms with Crippen molar-refractivity contribution < 1.29 is 0 Å². The maximum atomic E-state index is 4.94. The summed E-state index contributed by atoms with van der Waals surface area (Å²) in [6, 6.07) is 10.2. The van der Waals surface area contributed by atoms with Crippen molar-refractivity contribution in [2.75, 3.05) is 31.1 Å². The average molecular weight is 421 g/mol. The third-order valence-corrected chi connectivity index (χ3v) is 6.65. The number of piperazine rings is 1. The maximum absolute atomic E-state index is 4.94. The topological polar surface area (TPSA) is 58.0 Å². The molecule has 146 valence electrons. The lowest BCUT2D eigenvalue weighted by molar-refractivity contribution is 0.246. The summed E-state index contributed by atoms with van der Waals surface area (Å²) in [7, 11) is 0. The number of aromatic nitrogens is 4. The van der Waals surface area contributed by atoms with Gasteiger partial charge in [-0.05, 0) is 23.6 Å². The Kier molecular flexibility index (Phi) is 5.29. The molecule has 0 aromatic carbocycles. The van der Waals surface area contributed by atoms with E-state index >= 15 is 0 Å². The number of pyridine rings is 1. The van der Waals surface area contributed by atoms with E-state index in [0.717, 1.165) is 60.6 Å². The minimum atomic E-state index is 0.785. The Morgan fingerprint density at radius 1 is 0.862 bits per heavy atom. The highest BCUT2D eigenvalue weighted by atomic mass is 32.1. The van der Waals surface area contributed by atoms with Crippen molar-refractivity contribution in [1.82, 2.24) is 24.8 Å². The van der Waals surface area contributed by atoms with E-state index in [1.807, 2.05) is 36.1 Å². The molecule has 8 heteroatoms. The van der Waals surface area contributed by atoms with Crippen LogP contribution in [0.2, 0.25) is 0 Å². The molecule has 0 bridgehead atoms. The minimum Gasteiger partial charge on any atom is -0.338 e. The molecule has 5 rings (SSSR count). The first-order chi connectivity index (χ1) is 14.4. The molecule has 0 spiro atoms. The van der Waals surface area contributed by atoms with Crippen LogP contribution >= 0.6 is 22.7 Å². The Morgan fingerprint density at radius 3 is 2.52 bits per heavy atom.